The van der Waals surface area contributed by atoms with E-state index in [1.165, 1.54) is 38.4 Å². The van der Waals surface area contributed by atoms with Gasteiger partial charge in [-0.2, -0.15) is 5.10 Å². The third kappa shape index (κ3) is 3.16. The highest BCUT2D eigenvalue weighted by molar-refractivity contribution is 5.66. The van der Waals surface area contributed by atoms with Crippen molar-refractivity contribution >= 4 is 11.5 Å². The molecule has 0 saturated heterocycles. The van der Waals surface area contributed by atoms with Crippen LogP contribution in [0.25, 0.3) is 28.4 Å². The molecular weight excluding hydrogens is 338 g/mol. The van der Waals surface area contributed by atoms with E-state index < -0.39 is 0 Å². The number of pyridine rings is 2. The quantitative estimate of drug-likeness (QED) is 0.577. The number of rotatable bonds is 4. The van der Waals surface area contributed by atoms with Gasteiger partial charge in [-0.3, -0.25) is 9.50 Å². The Morgan fingerprint density at radius 3 is 2.85 bits per heavy atom. The minimum atomic E-state index is 0.535. The molecule has 4 aromatic heterocycles. The molecule has 5 rings (SSSR count). The standard InChI is InChI=1S/C20H21N7/c1-2-5-15(6-3-1)24-18-8-4-7-16(25-18)17-12-21-19-11-14(9-10-27(17)19)20-22-13-23-26-20/h4,7-13,15H,1-3,5-6H2,(H,24,25)(H,22,23,26). The summed E-state index contributed by atoms with van der Waals surface area (Å²) in [6.45, 7) is 0. The number of imidazole rings is 1. The zero-order chi connectivity index (χ0) is 18.1. The molecule has 1 aliphatic carbocycles. The summed E-state index contributed by atoms with van der Waals surface area (Å²) in [6.07, 6.45) is 11.8. The SMILES string of the molecule is c1cc(NC2CCCCC2)nc(-c2cnc3cc(-c4ncn[nH]4)ccn23)c1. The van der Waals surface area contributed by atoms with Gasteiger partial charge in [0.2, 0.25) is 0 Å². The molecule has 7 nitrogen and oxygen atoms in total. The van der Waals surface area contributed by atoms with E-state index in [2.05, 4.69) is 31.5 Å². The molecule has 7 heteroatoms. The van der Waals surface area contributed by atoms with Crippen LogP contribution in [0.1, 0.15) is 32.1 Å². The number of aromatic amines is 1. The number of anilines is 1. The Labute approximate surface area is 156 Å². The van der Waals surface area contributed by atoms with Crippen LogP contribution < -0.4 is 5.32 Å². The average Bonchev–Trinajstić information content (AvgIpc) is 3.38. The van der Waals surface area contributed by atoms with Crippen LogP contribution in [0, 0.1) is 0 Å². The summed E-state index contributed by atoms with van der Waals surface area (Å²) >= 11 is 0. The molecular formula is C20H21N7. The lowest BCUT2D eigenvalue weighted by atomic mass is 9.95. The number of aromatic nitrogens is 6. The van der Waals surface area contributed by atoms with Crippen LogP contribution in [0.3, 0.4) is 0 Å². The lowest BCUT2D eigenvalue weighted by Crippen LogP contribution is -2.22. The average molecular weight is 359 g/mol. The van der Waals surface area contributed by atoms with Crippen LogP contribution >= 0.6 is 0 Å². The predicted octanol–water partition coefficient (Wildman–Crippen LogP) is 3.93. The molecule has 136 valence electrons. The monoisotopic (exact) mass is 359 g/mol. The zero-order valence-electron chi connectivity index (χ0n) is 15.0. The smallest absolute Gasteiger partial charge is 0.155 e. The summed E-state index contributed by atoms with van der Waals surface area (Å²) in [6, 6.07) is 10.7. The van der Waals surface area contributed by atoms with Gasteiger partial charge in [-0.15, -0.1) is 0 Å². The molecule has 27 heavy (non-hydrogen) atoms. The largest absolute Gasteiger partial charge is 0.367 e. The van der Waals surface area contributed by atoms with Crippen LogP contribution in [-0.4, -0.2) is 35.6 Å². The summed E-state index contributed by atoms with van der Waals surface area (Å²) in [4.78, 5) is 13.6. The Morgan fingerprint density at radius 1 is 1.07 bits per heavy atom. The molecule has 0 amide bonds. The second-order valence-corrected chi connectivity index (χ2v) is 7.01. The first-order chi connectivity index (χ1) is 13.4. The second-order valence-electron chi connectivity index (χ2n) is 7.01. The van der Waals surface area contributed by atoms with Gasteiger partial charge in [-0.1, -0.05) is 25.3 Å². The fourth-order valence-corrected chi connectivity index (χ4v) is 3.78. The topological polar surface area (TPSA) is 83.8 Å². The predicted molar refractivity (Wildman–Crippen MR) is 104 cm³/mol. The first-order valence-electron chi connectivity index (χ1n) is 9.44. The lowest BCUT2D eigenvalue weighted by Gasteiger charge is -2.23. The molecule has 0 atom stereocenters. The van der Waals surface area contributed by atoms with Crippen LogP contribution in [0.2, 0.25) is 0 Å². The fourth-order valence-electron chi connectivity index (χ4n) is 3.78. The van der Waals surface area contributed by atoms with E-state index in [4.69, 9.17) is 4.98 Å². The number of hydrogen-bond acceptors (Lipinski definition) is 5. The lowest BCUT2D eigenvalue weighted by molar-refractivity contribution is 0.462. The van der Waals surface area contributed by atoms with Gasteiger partial charge in [-0.25, -0.2) is 15.0 Å². The van der Waals surface area contributed by atoms with Crippen molar-refractivity contribution in [1.29, 1.82) is 0 Å². The Hall–Kier alpha value is -3.22. The van der Waals surface area contributed by atoms with E-state index in [0.717, 1.165) is 34.2 Å². The van der Waals surface area contributed by atoms with Gasteiger partial charge >= 0.3 is 0 Å². The van der Waals surface area contributed by atoms with Gasteiger partial charge in [-0.05, 0) is 37.1 Å². The molecule has 0 radical (unpaired) electrons. The Morgan fingerprint density at radius 2 is 2.00 bits per heavy atom. The van der Waals surface area contributed by atoms with Crippen LogP contribution in [0.5, 0.6) is 0 Å². The highest BCUT2D eigenvalue weighted by atomic mass is 15.2. The zero-order valence-corrected chi connectivity index (χ0v) is 15.0. The number of fused-ring (bicyclic) bond motifs is 1. The summed E-state index contributed by atoms with van der Waals surface area (Å²) in [5, 5.41) is 10.4. The van der Waals surface area contributed by atoms with Gasteiger partial charge in [0, 0.05) is 17.8 Å². The maximum Gasteiger partial charge on any atom is 0.155 e. The van der Waals surface area contributed by atoms with Crippen molar-refractivity contribution in [3.63, 3.8) is 0 Å². The van der Waals surface area contributed by atoms with Crippen molar-refractivity contribution in [3.05, 3.63) is 49.1 Å². The maximum atomic E-state index is 4.83. The summed E-state index contributed by atoms with van der Waals surface area (Å²) < 4.78 is 2.05. The molecule has 0 aromatic carbocycles. The summed E-state index contributed by atoms with van der Waals surface area (Å²) in [7, 11) is 0. The molecule has 4 aromatic rings. The Balaban J connectivity index is 1.45. The Kier molecular flexibility index (Phi) is 4.04. The van der Waals surface area contributed by atoms with Gasteiger partial charge in [0.15, 0.2) is 5.82 Å². The van der Waals surface area contributed by atoms with E-state index in [0.29, 0.717) is 6.04 Å². The minimum Gasteiger partial charge on any atom is -0.367 e. The highest BCUT2D eigenvalue weighted by Gasteiger charge is 2.14. The molecule has 1 aliphatic rings. The molecule has 0 aliphatic heterocycles. The third-order valence-corrected chi connectivity index (χ3v) is 5.17. The summed E-state index contributed by atoms with van der Waals surface area (Å²) in [5.41, 5.74) is 3.70. The molecule has 2 N–H and O–H groups in total. The van der Waals surface area contributed by atoms with E-state index in [1.54, 1.807) is 0 Å². The van der Waals surface area contributed by atoms with Gasteiger partial charge < -0.3 is 5.32 Å². The van der Waals surface area contributed by atoms with Gasteiger partial charge in [0.05, 0.1) is 17.6 Å². The molecule has 0 spiro atoms. The minimum absolute atomic E-state index is 0.535. The number of H-pyrrole nitrogens is 1. The van der Waals surface area contributed by atoms with E-state index in [1.807, 2.05) is 41.1 Å². The third-order valence-electron chi connectivity index (χ3n) is 5.17. The first kappa shape index (κ1) is 16.0. The number of hydrogen-bond donors (Lipinski definition) is 2. The van der Waals surface area contributed by atoms with Crippen molar-refractivity contribution in [2.75, 3.05) is 5.32 Å². The molecule has 0 unspecified atom stereocenters. The Bertz CT molecular complexity index is 1050. The van der Waals surface area contributed by atoms with Crippen molar-refractivity contribution in [2.45, 2.75) is 38.1 Å². The molecule has 0 bridgehead atoms. The first-order valence-corrected chi connectivity index (χ1v) is 9.44. The van der Waals surface area contributed by atoms with E-state index in [9.17, 15) is 0 Å². The van der Waals surface area contributed by atoms with Crippen LogP contribution in [0.15, 0.2) is 49.1 Å². The van der Waals surface area contributed by atoms with Crippen LogP contribution in [0.4, 0.5) is 5.82 Å². The van der Waals surface area contributed by atoms with Crippen molar-refractivity contribution in [3.8, 4) is 22.8 Å². The fraction of sp³-hybridized carbons (Fsp3) is 0.300. The maximum absolute atomic E-state index is 4.83. The highest BCUT2D eigenvalue weighted by Crippen LogP contribution is 2.25. The van der Waals surface area contributed by atoms with E-state index >= 15 is 0 Å². The molecule has 4 heterocycles. The normalized spacial score (nSPS) is 15.3. The van der Waals surface area contributed by atoms with Crippen molar-refractivity contribution < 1.29 is 0 Å². The van der Waals surface area contributed by atoms with Gasteiger partial charge in [0.1, 0.15) is 17.8 Å². The summed E-state index contributed by atoms with van der Waals surface area (Å²) in [5.74, 6) is 1.67. The number of nitrogens with zero attached hydrogens (tertiary/aromatic N) is 5. The van der Waals surface area contributed by atoms with E-state index in [-0.39, 0.29) is 0 Å². The van der Waals surface area contributed by atoms with Crippen LogP contribution in [-0.2, 0) is 0 Å². The molecule has 1 saturated carbocycles. The van der Waals surface area contributed by atoms with Crippen molar-refractivity contribution in [1.82, 2.24) is 29.5 Å². The van der Waals surface area contributed by atoms with Crippen molar-refractivity contribution in [2.24, 2.45) is 0 Å². The molecule has 1 fully saturated rings. The number of nitrogens with one attached hydrogen (secondary N) is 2. The second kappa shape index (κ2) is 6.83. The van der Waals surface area contributed by atoms with Gasteiger partial charge in [0.25, 0.3) is 0 Å².